The highest BCUT2D eigenvalue weighted by Crippen LogP contribution is 2.18. The van der Waals surface area contributed by atoms with Gasteiger partial charge in [0.05, 0.1) is 0 Å². The van der Waals surface area contributed by atoms with E-state index in [9.17, 15) is 4.39 Å². The Hall–Kier alpha value is -2.21. The van der Waals surface area contributed by atoms with E-state index in [0.29, 0.717) is 12.5 Å². The average molecular weight is 261 g/mol. The third kappa shape index (κ3) is 3.17. The van der Waals surface area contributed by atoms with E-state index in [4.69, 9.17) is 5.84 Å². The van der Waals surface area contributed by atoms with Gasteiger partial charge in [0.15, 0.2) is 0 Å². The summed E-state index contributed by atoms with van der Waals surface area (Å²) in [5, 5.41) is 0. The van der Waals surface area contributed by atoms with Crippen LogP contribution in [0.2, 0.25) is 0 Å². The standard InChI is InChI=1S/C13H16FN5/c1-9-7-16-13(18-15)17-12(9)19(2)8-10-4-3-5-11(14)6-10/h3-7H,8,15H2,1-2H3,(H,16,17,18). The number of nitrogen functional groups attached to an aromatic ring is 1. The minimum absolute atomic E-state index is 0.241. The molecular weight excluding hydrogens is 245 g/mol. The summed E-state index contributed by atoms with van der Waals surface area (Å²) in [6.07, 6.45) is 1.69. The SMILES string of the molecule is Cc1cnc(NN)nc1N(C)Cc1cccc(F)c1. The predicted molar refractivity (Wildman–Crippen MR) is 73.1 cm³/mol. The molecule has 2 rings (SSSR count). The molecule has 0 unspecified atom stereocenters. The molecule has 0 fully saturated rings. The number of rotatable bonds is 4. The van der Waals surface area contributed by atoms with E-state index in [1.807, 2.05) is 24.9 Å². The molecule has 6 heteroatoms. The second-order valence-corrected chi connectivity index (χ2v) is 4.33. The number of nitrogens with one attached hydrogen (secondary N) is 1. The van der Waals surface area contributed by atoms with Crippen LogP contribution in [0, 0.1) is 12.7 Å². The third-order valence-electron chi connectivity index (χ3n) is 2.74. The number of anilines is 2. The highest BCUT2D eigenvalue weighted by molar-refractivity contribution is 5.48. The molecule has 1 aromatic heterocycles. The Balaban J connectivity index is 2.22. The summed E-state index contributed by atoms with van der Waals surface area (Å²) in [7, 11) is 1.89. The molecule has 0 bridgehead atoms. The van der Waals surface area contributed by atoms with Crippen molar-refractivity contribution in [2.75, 3.05) is 17.4 Å². The Labute approximate surface area is 111 Å². The first-order valence-corrected chi connectivity index (χ1v) is 5.86. The predicted octanol–water partition coefficient (Wildman–Crippen LogP) is 1.85. The smallest absolute Gasteiger partial charge is 0.239 e. The van der Waals surface area contributed by atoms with E-state index >= 15 is 0 Å². The summed E-state index contributed by atoms with van der Waals surface area (Å²) in [5.41, 5.74) is 4.22. The quantitative estimate of drug-likeness (QED) is 0.649. The van der Waals surface area contributed by atoms with E-state index < -0.39 is 0 Å². The van der Waals surface area contributed by atoms with Crippen molar-refractivity contribution in [3.05, 3.63) is 47.4 Å². The maximum atomic E-state index is 13.1. The normalized spacial score (nSPS) is 10.3. The Kier molecular flexibility index (Phi) is 3.91. The van der Waals surface area contributed by atoms with Gasteiger partial charge >= 0.3 is 0 Å². The lowest BCUT2D eigenvalue weighted by atomic mass is 10.2. The largest absolute Gasteiger partial charge is 0.355 e. The lowest BCUT2D eigenvalue weighted by Gasteiger charge is -2.20. The number of aromatic nitrogens is 2. The summed E-state index contributed by atoms with van der Waals surface area (Å²) in [4.78, 5) is 10.2. The van der Waals surface area contributed by atoms with Crippen molar-refractivity contribution in [2.24, 2.45) is 5.84 Å². The number of nitrogens with two attached hydrogens (primary N) is 1. The van der Waals surface area contributed by atoms with E-state index in [1.165, 1.54) is 12.1 Å². The van der Waals surface area contributed by atoms with Gasteiger partial charge in [0.25, 0.3) is 0 Å². The first kappa shape index (κ1) is 13.2. The van der Waals surface area contributed by atoms with Crippen molar-refractivity contribution in [1.29, 1.82) is 0 Å². The van der Waals surface area contributed by atoms with Crippen LogP contribution in [0.5, 0.6) is 0 Å². The number of halogens is 1. The summed E-state index contributed by atoms with van der Waals surface area (Å²) in [6.45, 7) is 2.47. The van der Waals surface area contributed by atoms with Crippen LogP contribution >= 0.6 is 0 Å². The lowest BCUT2D eigenvalue weighted by molar-refractivity contribution is 0.625. The van der Waals surface area contributed by atoms with Gasteiger partial charge < -0.3 is 4.90 Å². The van der Waals surface area contributed by atoms with Gasteiger partial charge in [-0.3, -0.25) is 5.43 Å². The number of hydrazine groups is 1. The van der Waals surface area contributed by atoms with Gasteiger partial charge in [0, 0.05) is 25.4 Å². The fourth-order valence-electron chi connectivity index (χ4n) is 1.87. The van der Waals surface area contributed by atoms with Gasteiger partial charge in [-0.2, -0.15) is 4.98 Å². The van der Waals surface area contributed by atoms with Crippen LogP contribution < -0.4 is 16.2 Å². The molecule has 0 atom stereocenters. The summed E-state index contributed by atoms with van der Waals surface area (Å²) < 4.78 is 13.1. The van der Waals surface area contributed by atoms with Crippen LogP contribution in [0.25, 0.3) is 0 Å². The Morgan fingerprint density at radius 2 is 2.21 bits per heavy atom. The fraction of sp³-hybridized carbons (Fsp3) is 0.231. The highest BCUT2D eigenvalue weighted by Gasteiger charge is 2.09. The molecule has 0 saturated carbocycles. The average Bonchev–Trinajstić information content (AvgIpc) is 2.39. The van der Waals surface area contributed by atoms with Gasteiger partial charge in [0.1, 0.15) is 11.6 Å². The van der Waals surface area contributed by atoms with Crippen molar-refractivity contribution in [2.45, 2.75) is 13.5 Å². The fourth-order valence-corrected chi connectivity index (χ4v) is 1.87. The van der Waals surface area contributed by atoms with Crippen molar-refractivity contribution in [3.8, 4) is 0 Å². The molecule has 0 aliphatic rings. The summed E-state index contributed by atoms with van der Waals surface area (Å²) >= 11 is 0. The second-order valence-electron chi connectivity index (χ2n) is 4.33. The number of aryl methyl sites for hydroxylation is 1. The molecule has 2 aromatic rings. The molecule has 3 N–H and O–H groups in total. The second kappa shape index (κ2) is 5.62. The minimum atomic E-state index is -0.241. The van der Waals surface area contributed by atoms with Crippen molar-refractivity contribution < 1.29 is 4.39 Å². The zero-order valence-electron chi connectivity index (χ0n) is 10.9. The molecule has 1 aromatic carbocycles. The number of benzene rings is 1. The molecule has 19 heavy (non-hydrogen) atoms. The van der Waals surface area contributed by atoms with Crippen LogP contribution in [-0.4, -0.2) is 17.0 Å². The molecule has 0 amide bonds. The van der Waals surface area contributed by atoms with Gasteiger partial charge in [-0.05, 0) is 24.6 Å². The van der Waals surface area contributed by atoms with Gasteiger partial charge in [-0.1, -0.05) is 12.1 Å². The van der Waals surface area contributed by atoms with Gasteiger partial charge in [-0.25, -0.2) is 15.2 Å². The van der Waals surface area contributed by atoms with E-state index in [0.717, 1.165) is 16.9 Å². The van der Waals surface area contributed by atoms with Crippen LogP contribution in [0.3, 0.4) is 0 Å². The number of hydrogen-bond acceptors (Lipinski definition) is 5. The van der Waals surface area contributed by atoms with Crippen molar-refractivity contribution in [1.82, 2.24) is 9.97 Å². The maximum absolute atomic E-state index is 13.1. The Morgan fingerprint density at radius 3 is 2.89 bits per heavy atom. The molecule has 0 radical (unpaired) electrons. The summed E-state index contributed by atoms with van der Waals surface area (Å²) in [6, 6.07) is 6.50. The van der Waals surface area contributed by atoms with E-state index in [2.05, 4.69) is 15.4 Å². The number of hydrogen-bond donors (Lipinski definition) is 2. The molecule has 1 heterocycles. The maximum Gasteiger partial charge on any atom is 0.239 e. The zero-order chi connectivity index (χ0) is 13.8. The molecular formula is C13H16FN5. The van der Waals surface area contributed by atoms with E-state index in [-0.39, 0.29) is 5.82 Å². The summed E-state index contributed by atoms with van der Waals surface area (Å²) in [5.74, 6) is 6.17. The third-order valence-corrected chi connectivity index (χ3v) is 2.74. The van der Waals surface area contributed by atoms with Crippen LogP contribution in [0.15, 0.2) is 30.5 Å². The first-order chi connectivity index (χ1) is 9.10. The van der Waals surface area contributed by atoms with Crippen molar-refractivity contribution >= 4 is 11.8 Å². The van der Waals surface area contributed by atoms with Gasteiger partial charge in [0.2, 0.25) is 5.95 Å². The first-order valence-electron chi connectivity index (χ1n) is 5.86. The topological polar surface area (TPSA) is 67.1 Å². The van der Waals surface area contributed by atoms with Gasteiger partial charge in [-0.15, -0.1) is 0 Å². The monoisotopic (exact) mass is 261 g/mol. The highest BCUT2D eigenvalue weighted by atomic mass is 19.1. The van der Waals surface area contributed by atoms with Crippen molar-refractivity contribution in [3.63, 3.8) is 0 Å². The molecule has 0 saturated heterocycles. The molecule has 0 spiro atoms. The number of nitrogens with zero attached hydrogens (tertiary/aromatic N) is 3. The van der Waals surface area contributed by atoms with Crippen LogP contribution in [0.1, 0.15) is 11.1 Å². The Morgan fingerprint density at radius 1 is 1.42 bits per heavy atom. The minimum Gasteiger partial charge on any atom is -0.355 e. The zero-order valence-corrected chi connectivity index (χ0v) is 10.9. The van der Waals surface area contributed by atoms with E-state index in [1.54, 1.807) is 12.3 Å². The molecule has 5 nitrogen and oxygen atoms in total. The molecule has 0 aliphatic carbocycles. The molecule has 0 aliphatic heterocycles. The van der Waals surface area contributed by atoms with Crippen LogP contribution in [0.4, 0.5) is 16.2 Å². The Bertz CT molecular complexity index is 573. The van der Waals surface area contributed by atoms with Crippen LogP contribution in [-0.2, 0) is 6.54 Å². The lowest BCUT2D eigenvalue weighted by Crippen LogP contribution is -2.20. The molecule has 100 valence electrons.